The van der Waals surface area contributed by atoms with Crippen LogP contribution in [0.5, 0.6) is 0 Å². The average molecular weight is 268 g/mol. The Labute approximate surface area is 115 Å². The molecule has 1 aromatic carbocycles. The Bertz CT molecular complexity index is 361. The summed E-state index contributed by atoms with van der Waals surface area (Å²) in [7, 11) is 1.89. The number of carbonyl (C=O) groups is 1. The maximum Gasteiger partial charge on any atom is 0.222 e. The lowest BCUT2D eigenvalue weighted by Gasteiger charge is -2.16. The maximum absolute atomic E-state index is 11.8. The molecule has 0 bridgehead atoms. The van der Waals surface area contributed by atoms with Gasteiger partial charge in [0.1, 0.15) is 0 Å². The summed E-state index contributed by atoms with van der Waals surface area (Å²) in [6.45, 7) is 3.01. The van der Waals surface area contributed by atoms with Gasteiger partial charge in [0.25, 0.3) is 0 Å². The van der Waals surface area contributed by atoms with Gasteiger partial charge in [-0.1, -0.05) is 37.1 Å². The molecule has 0 saturated carbocycles. The van der Waals surface area contributed by atoms with Crippen LogP contribution in [-0.4, -0.2) is 24.4 Å². The summed E-state index contributed by atoms with van der Waals surface area (Å²) in [5.41, 5.74) is 1.24. The largest absolute Gasteiger partial charge is 0.346 e. The summed E-state index contributed by atoms with van der Waals surface area (Å²) in [5, 5.41) is 0.758. The van der Waals surface area contributed by atoms with Crippen molar-refractivity contribution in [2.24, 2.45) is 0 Å². The fraction of sp³-hybridized carbons (Fsp3) is 0.533. The number of halogens is 1. The van der Waals surface area contributed by atoms with E-state index in [1.54, 1.807) is 0 Å². The molecule has 1 rings (SSSR count). The van der Waals surface area contributed by atoms with Gasteiger partial charge >= 0.3 is 0 Å². The Morgan fingerprint density at radius 2 is 1.89 bits per heavy atom. The normalized spacial score (nSPS) is 10.4. The molecule has 0 spiro atoms. The molecule has 0 atom stereocenters. The third-order valence-electron chi connectivity index (χ3n) is 3.04. The van der Waals surface area contributed by atoms with Crippen LogP contribution < -0.4 is 0 Å². The molecule has 0 aliphatic heterocycles. The molecule has 0 aromatic heterocycles. The number of hydrogen-bond acceptors (Lipinski definition) is 1. The minimum absolute atomic E-state index is 0.248. The van der Waals surface area contributed by atoms with Crippen LogP contribution in [0.15, 0.2) is 24.3 Å². The molecular weight excluding hydrogens is 246 g/mol. The number of nitrogens with zero attached hydrogens (tertiary/aromatic N) is 1. The minimum Gasteiger partial charge on any atom is -0.346 e. The lowest BCUT2D eigenvalue weighted by molar-refractivity contribution is -0.130. The van der Waals surface area contributed by atoms with Crippen molar-refractivity contribution in [2.75, 3.05) is 13.6 Å². The molecule has 0 fully saturated rings. The number of aryl methyl sites for hydroxylation is 1. The summed E-state index contributed by atoms with van der Waals surface area (Å²) in [6, 6.07) is 7.83. The molecule has 3 heteroatoms. The first-order valence-corrected chi connectivity index (χ1v) is 6.99. The number of unbranched alkanes of at least 4 members (excludes halogenated alkanes) is 1. The maximum atomic E-state index is 11.8. The Morgan fingerprint density at radius 3 is 2.50 bits per heavy atom. The summed E-state index contributed by atoms with van der Waals surface area (Å²) in [6.07, 6.45) is 4.67. The first-order valence-electron chi connectivity index (χ1n) is 6.62. The summed E-state index contributed by atoms with van der Waals surface area (Å²) in [5.74, 6) is 0.248. The van der Waals surface area contributed by atoms with Crippen molar-refractivity contribution in [2.45, 2.75) is 39.0 Å². The van der Waals surface area contributed by atoms with Crippen molar-refractivity contribution in [1.29, 1.82) is 0 Å². The van der Waals surface area contributed by atoms with Gasteiger partial charge in [-0.15, -0.1) is 0 Å². The second-order valence-electron chi connectivity index (χ2n) is 4.65. The highest BCUT2D eigenvalue weighted by molar-refractivity contribution is 6.30. The van der Waals surface area contributed by atoms with Crippen LogP contribution in [-0.2, 0) is 11.2 Å². The highest BCUT2D eigenvalue weighted by atomic mass is 35.5. The van der Waals surface area contributed by atoms with E-state index in [-0.39, 0.29) is 5.91 Å². The number of benzene rings is 1. The van der Waals surface area contributed by atoms with Crippen LogP contribution in [0.1, 0.15) is 38.2 Å². The van der Waals surface area contributed by atoms with Gasteiger partial charge in [0, 0.05) is 25.0 Å². The standard InChI is InChI=1S/C15H22ClNO/c1-3-4-12-17(2)15(18)7-5-6-13-8-10-14(16)11-9-13/h8-11H,3-7,12H2,1-2H3. The van der Waals surface area contributed by atoms with Gasteiger partial charge in [-0.2, -0.15) is 0 Å². The van der Waals surface area contributed by atoms with Gasteiger partial charge in [-0.05, 0) is 37.0 Å². The smallest absolute Gasteiger partial charge is 0.222 e. The van der Waals surface area contributed by atoms with Gasteiger partial charge in [0.15, 0.2) is 0 Å². The van der Waals surface area contributed by atoms with E-state index in [0.29, 0.717) is 6.42 Å². The van der Waals surface area contributed by atoms with Crippen LogP contribution in [0.4, 0.5) is 0 Å². The number of carbonyl (C=O) groups excluding carboxylic acids is 1. The molecule has 0 saturated heterocycles. The third-order valence-corrected chi connectivity index (χ3v) is 3.29. The van der Waals surface area contributed by atoms with E-state index in [0.717, 1.165) is 37.3 Å². The number of amides is 1. The van der Waals surface area contributed by atoms with Gasteiger partial charge in [-0.3, -0.25) is 4.79 Å². The topological polar surface area (TPSA) is 20.3 Å². The van der Waals surface area contributed by atoms with E-state index < -0.39 is 0 Å². The first kappa shape index (κ1) is 15.0. The molecule has 0 N–H and O–H groups in total. The van der Waals surface area contributed by atoms with Gasteiger partial charge < -0.3 is 4.90 Å². The van der Waals surface area contributed by atoms with Crippen LogP contribution in [0.2, 0.25) is 5.02 Å². The van der Waals surface area contributed by atoms with E-state index in [9.17, 15) is 4.79 Å². The summed E-state index contributed by atoms with van der Waals surface area (Å²) in [4.78, 5) is 13.6. The molecule has 0 radical (unpaired) electrons. The Hall–Kier alpha value is -1.02. The molecule has 2 nitrogen and oxygen atoms in total. The van der Waals surface area contributed by atoms with E-state index in [1.807, 2.05) is 36.2 Å². The fourth-order valence-electron chi connectivity index (χ4n) is 1.81. The molecule has 18 heavy (non-hydrogen) atoms. The zero-order valence-corrected chi connectivity index (χ0v) is 12.0. The van der Waals surface area contributed by atoms with E-state index in [1.165, 1.54) is 5.56 Å². The first-order chi connectivity index (χ1) is 8.63. The molecule has 0 aliphatic carbocycles. The van der Waals surface area contributed by atoms with Crippen LogP contribution >= 0.6 is 11.6 Å². The van der Waals surface area contributed by atoms with Crippen LogP contribution in [0.3, 0.4) is 0 Å². The highest BCUT2D eigenvalue weighted by Gasteiger charge is 2.07. The zero-order chi connectivity index (χ0) is 13.4. The van der Waals surface area contributed by atoms with Crippen molar-refractivity contribution < 1.29 is 4.79 Å². The molecule has 0 unspecified atom stereocenters. The second-order valence-corrected chi connectivity index (χ2v) is 5.09. The third kappa shape index (κ3) is 5.54. The monoisotopic (exact) mass is 267 g/mol. The van der Waals surface area contributed by atoms with E-state index in [4.69, 9.17) is 11.6 Å². The molecule has 1 amide bonds. The number of hydrogen-bond donors (Lipinski definition) is 0. The Morgan fingerprint density at radius 1 is 1.22 bits per heavy atom. The van der Waals surface area contributed by atoms with Gasteiger partial charge in [-0.25, -0.2) is 0 Å². The van der Waals surface area contributed by atoms with E-state index in [2.05, 4.69) is 6.92 Å². The van der Waals surface area contributed by atoms with Gasteiger partial charge in [0.05, 0.1) is 0 Å². The summed E-state index contributed by atoms with van der Waals surface area (Å²) < 4.78 is 0. The van der Waals surface area contributed by atoms with Crippen molar-refractivity contribution >= 4 is 17.5 Å². The molecule has 0 heterocycles. The number of rotatable bonds is 7. The van der Waals surface area contributed by atoms with Gasteiger partial charge in [0.2, 0.25) is 5.91 Å². The van der Waals surface area contributed by atoms with Crippen molar-refractivity contribution in [3.8, 4) is 0 Å². The molecular formula is C15H22ClNO. The lowest BCUT2D eigenvalue weighted by atomic mass is 10.1. The van der Waals surface area contributed by atoms with Crippen molar-refractivity contribution in [3.63, 3.8) is 0 Å². The van der Waals surface area contributed by atoms with Crippen LogP contribution in [0, 0.1) is 0 Å². The van der Waals surface area contributed by atoms with E-state index >= 15 is 0 Å². The predicted octanol–water partition coefficient (Wildman–Crippen LogP) is 3.92. The SMILES string of the molecule is CCCCN(C)C(=O)CCCc1ccc(Cl)cc1. The second kappa shape index (κ2) is 8.15. The van der Waals surface area contributed by atoms with Crippen molar-refractivity contribution in [1.82, 2.24) is 4.90 Å². The lowest BCUT2D eigenvalue weighted by Crippen LogP contribution is -2.27. The van der Waals surface area contributed by atoms with Crippen molar-refractivity contribution in [3.05, 3.63) is 34.9 Å². The Kier molecular flexibility index (Phi) is 6.81. The molecule has 0 aliphatic rings. The molecule has 1 aromatic rings. The Balaban J connectivity index is 2.24. The zero-order valence-electron chi connectivity index (χ0n) is 11.3. The van der Waals surface area contributed by atoms with Crippen LogP contribution in [0.25, 0.3) is 0 Å². The highest BCUT2D eigenvalue weighted by Crippen LogP contribution is 2.12. The summed E-state index contributed by atoms with van der Waals surface area (Å²) >= 11 is 5.83. The predicted molar refractivity (Wildman–Crippen MR) is 76.9 cm³/mol. The minimum atomic E-state index is 0.248. The fourth-order valence-corrected chi connectivity index (χ4v) is 1.93. The average Bonchev–Trinajstić information content (AvgIpc) is 2.38. The quantitative estimate of drug-likeness (QED) is 0.733. The molecule has 100 valence electrons.